The summed E-state index contributed by atoms with van der Waals surface area (Å²) in [6.45, 7) is 4.43. The van der Waals surface area contributed by atoms with Crippen molar-refractivity contribution in [3.8, 4) is 28.5 Å². The minimum atomic E-state index is 0.269. The van der Waals surface area contributed by atoms with E-state index >= 15 is 0 Å². The van der Waals surface area contributed by atoms with Gasteiger partial charge in [0.25, 0.3) is 0 Å². The third kappa shape index (κ3) is 4.32. The topological polar surface area (TPSA) is 62.7 Å². The van der Waals surface area contributed by atoms with Gasteiger partial charge in [0, 0.05) is 16.0 Å². The number of aromatic nitrogens is 1. The Kier molecular flexibility index (Phi) is 5.83. The van der Waals surface area contributed by atoms with Crippen molar-refractivity contribution in [3.63, 3.8) is 0 Å². The van der Waals surface area contributed by atoms with Crippen LogP contribution in [0.15, 0.2) is 59.5 Å². The molecule has 1 aromatic heterocycles. The van der Waals surface area contributed by atoms with Crippen molar-refractivity contribution in [2.75, 3.05) is 12.0 Å². The molecule has 4 heteroatoms. The Hall–Kier alpha value is -2.77. The van der Waals surface area contributed by atoms with Crippen molar-refractivity contribution < 1.29 is 0 Å². The zero-order chi connectivity index (χ0) is 19.4. The quantitative estimate of drug-likeness (QED) is 0.575. The van der Waals surface area contributed by atoms with Gasteiger partial charge < -0.3 is 5.73 Å². The van der Waals surface area contributed by atoms with E-state index in [0.717, 1.165) is 28.8 Å². The fourth-order valence-electron chi connectivity index (χ4n) is 3.11. The molecule has 0 radical (unpaired) electrons. The average Bonchev–Trinajstić information content (AvgIpc) is 2.67. The lowest BCUT2D eigenvalue weighted by Gasteiger charge is -2.11. The molecule has 0 fully saturated rings. The molecular weight excluding hydrogens is 350 g/mol. The van der Waals surface area contributed by atoms with Crippen LogP contribution < -0.4 is 5.73 Å². The predicted octanol–water partition coefficient (Wildman–Crippen LogP) is 5.79. The molecule has 0 spiro atoms. The highest BCUT2D eigenvalue weighted by molar-refractivity contribution is 7.98. The zero-order valence-electron chi connectivity index (χ0n) is 15.9. The number of hydrogen-bond donors (Lipinski definition) is 1. The number of pyridine rings is 1. The number of rotatable bonds is 5. The standard InChI is InChI=1S/C23H23N3S/c1-15(2)12-16-4-6-18(7-5-16)22-13-20(21(14-24)23(25)26-22)17-8-10-19(27-3)11-9-17/h4-11,13,15H,12H2,1-3H3,(H2,25,26). The molecule has 0 atom stereocenters. The van der Waals surface area contributed by atoms with Crippen LogP contribution in [0.4, 0.5) is 5.82 Å². The van der Waals surface area contributed by atoms with Crippen LogP contribution in [0.2, 0.25) is 0 Å². The highest BCUT2D eigenvalue weighted by Crippen LogP contribution is 2.32. The Labute approximate surface area is 165 Å². The Balaban J connectivity index is 2.05. The van der Waals surface area contributed by atoms with Gasteiger partial charge in [-0.3, -0.25) is 0 Å². The van der Waals surface area contributed by atoms with Gasteiger partial charge in [0.05, 0.1) is 5.69 Å². The number of benzene rings is 2. The van der Waals surface area contributed by atoms with Crippen LogP contribution in [0.25, 0.3) is 22.4 Å². The summed E-state index contributed by atoms with van der Waals surface area (Å²) in [5.74, 6) is 0.889. The minimum absolute atomic E-state index is 0.269. The number of hydrogen-bond acceptors (Lipinski definition) is 4. The Morgan fingerprint density at radius 2 is 1.67 bits per heavy atom. The van der Waals surface area contributed by atoms with Gasteiger partial charge in [-0.15, -0.1) is 11.8 Å². The van der Waals surface area contributed by atoms with Crippen LogP contribution in [-0.4, -0.2) is 11.2 Å². The van der Waals surface area contributed by atoms with E-state index in [1.54, 1.807) is 11.8 Å². The molecule has 3 aromatic rings. The van der Waals surface area contributed by atoms with Crippen LogP contribution in [0, 0.1) is 17.2 Å². The maximum Gasteiger partial charge on any atom is 0.142 e. The molecule has 27 heavy (non-hydrogen) atoms. The minimum Gasteiger partial charge on any atom is -0.383 e. The van der Waals surface area contributed by atoms with E-state index in [4.69, 9.17) is 5.73 Å². The fraction of sp³-hybridized carbons (Fsp3) is 0.217. The Morgan fingerprint density at radius 3 is 2.22 bits per heavy atom. The summed E-state index contributed by atoms with van der Waals surface area (Å²) >= 11 is 1.69. The summed E-state index contributed by atoms with van der Waals surface area (Å²) in [4.78, 5) is 5.66. The summed E-state index contributed by atoms with van der Waals surface area (Å²) < 4.78 is 0. The molecule has 0 saturated heterocycles. The van der Waals surface area contributed by atoms with Crippen LogP contribution in [-0.2, 0) is 6.42 Å². The van der Waals surface area contributed by atoms with E-state index in [9.17, 15) is 5.26 Å². The summed E-state index contributed by atoms with van der Waals surface area (Å²) in [6.07, 6.45) is 3.09. The largest absolute Gasteiger partial charge is 0.383 e. The molecule has 0 aliphatic heterocycles. The predicted molar refractivity (Wildman–Crippen MR) is 115 cm³/mol. The fourth-order valence-corrected chi connectivity index (χ4v) is 3.52. The molecule has 0 bridgehead atoms. The van der Waals surface area contributed by atoms with E-state index in [0.29, 0.717) is 11.5 Å². The molecule has 3 rings (SSSR count). The second-order valence-corrected chi connectivity index (χ2v) is 7.83. The van der Waals surface area contributed by atoms with Crippen molar-refractivity contribution in [2.45, 2.75) is 25.2 Å². The summed E-state index contributed by atoms with van der Waals surface area (Å²) in [6, 6.07) is 20.7. The zero-order valence-corrected chi connectivity index (χ0v) is 16.7. The first-order valence-corrected chi connectivity index (χ1v) is 10.2. The number of nitrogens with zero attached hydrogens (tertiary/aromatic N) is 2. The second-order valence-electron chi connectivity index (χ2n) is 6.95. The van der Waals surface area contributed by atoms with E-state index in [-0.39, 0.29) is 5.82 Å². The number of nitrogen functional groups attached to an aromatic ring is 1. The van der Waals surface area contributed by atoms with Gasteiger partial charge in [0.15, 0.2) is 0 Å². The molecule has 0 saturated carbocycles. The van der Waals surface area contributed by atoms with Gasteiger partial charge in [0.2, 0.25) is 0 Å². The normalized spacial score (nSPS) is 10.8. The number of nitriles is 1. The lowest BCUT2D eigenvalue weighted by Crippen LogP contribution is -2.00. The lowest BCUT2D eigenvalue weighted by molar-refractivity contribution is 0.647. The molecule has 136 valence electrons. The first-order valence-electron chi connectivity index (χ1n) is 8.96. The third-order valence-electron chi connectivity index (χ3n) is 4.45. The highest BCUT2D eigenvalue weighted by atomic mass is 32.2. The molecule has 0 aliphatic rings. The van der Waals surface area contributed by atoms with E-state index in [2.05, 4.69) is 61.3 Å². The molecular formula is C23H23N3S. The van der Waals surface area contributed by atoms with Gasteiger partial charge in [-0.05, 0) is 47.9 Å². The smallest absolute Gasteiger partial charge is 0.142 e. The van der Waals surface area contributed by atoms with E-state index in [1.807, 2.05) is 24.5 Å². The molecule has 2 N–H and O–H groups in total. The average molecular weight is 374 g/mol. The van der Waals surface area contributed by atoms with Crippen LogP contribution in [0.5, 0.6) is 0 Å². The maximum atomic E-state index is 9.57. The van der Waals surface area contributed by atoms with Crippen LogP contribution in [0.3, 0.4) is 0 Å². The van der Waals surface area contributed by atoms with Crippen molar-refractivity contribution >= 4 is 17.6 Å². The van der Waals surface area contributed by atoms with Crippen LogP contribution >= 0.6 is 11.8 Å². The molecule has 1 heterocycles. The molecule has 0 aliphatic carbocycles. The Morgan fingerprint density at radius 1 is 1.04 bits per heavy atom. The van der Waals surface area contributed by atoms with Gasteiger partial charge >= 0.3 is 0 Å². The number of anilines is 1. The molecule has 0 amide bonds. The SMILES string of the molecule is CSc1ccc(-c2cc(-c3ccc(CC(C)C)cc3)nc(N)c2C#N)cc1. The lowest BCUT2D eigenvalue weighted by atomic mass is 9.97. The number of thioether (sulfide) groups is 1. The van der Waals surface area contributed by atoms with Crippen molar-refractivity contribution in [1.82, 2.24) is 4.98 Å². The van der Waals surface area contributed by atoms with Crippen molar-refractivity contribution in [1.29, 1.82) is 5.26 Å². The first kappa shape index (κ1) is 19.0. The van der Waals surface area contributed by atoms with Crippen LogP contribution in [0.1, 0.15) is 25.0 Å². The van der Waals surface area contributed by atoms with Gasteiger partial charge in [-0.1, -0.05) is 50.2 Å². The van der Waals surface area contributed by atoms with Gasteiger partial charge in [-0.25, -0.2) is 4.98 Å². The maximum absolute atomic E-state index is 9.57. The number of nitrogens with two attached hydrogens (primary N) is 1. The first-order chi connectivity index (χ1) is 13.0. The summed E-state index contributed by atoms with van der Waals surface area (Å²) in [5, 5.41) is 9.57. The van der Waals surface area contributed by atoms with Gasteiger partial charge in [0.1, 0.15) is 17.5 Å². The molecule has 3 nitrogen and oxygen atoms in total. The summed E-state index contributed by atoms with van der Waals surface area (Å²) in [7, 11) is 0. The van der Waals surface area contributed by atoms with Crippen molar-refractivity contribution in [2.24, 2.45) is 5.92 Å². The molecule has 2 aromatic carbocycles. The highest BCUT2D eigenvalue weighted by Gasteiger charge is 2.13. The van der Waals surface area contributed by atoms with E-state index in [1.165, 1.54) is 10.5 Å². The molecule has 0 unspecified atom stereocenters. The monoisotopic (exact) mass is 373 g/mol. The van der Waals surface area contributed by atoms with Crippen molar-refractivity contribution in [3.05, 3.63) is 65.7 Å². The Bertz CT molecular complexity index is 968. The summed E-state index contributed by atoms with van der Waals surface area (Å²) in [5.41, 5.74) is 11.4. The second kappa shape index (κ2) is 8.28. The van der Waals surface area contributed by atoms with Gasteiger partial charge in [-0.2, -0.15) is 5.26 Å². The third-order valence-corrected chi connectivity index (χ3v) is 5.20. The van der Waals surface area contributed by atoms with E-state index < -0.39 is 0 Å².